The smallest absolute Gasteiger partial charge is 0.248 e. The van der Waals surface area contributed by atoms with Crippen LogP contribution in [0, 0.1) is 0 Å². The second-order valence-corrected chi connectivity index (χ2v) is 5.61. The molecule has 20 heavy (non-hydrogen) atoms. The van der Waals surface area contributed by atoms with Crippen LogP contribution in [-0.4, -0.2) is 5.91 Å². The number of nitrogens with two attached hydrogens (primary N) is 1. The van der Waals surface area contributed by atoms with Crippen molar-refractivity contribution in [2.24, 2.45) is 5.73 Å². The molecular weight excluding hydrogens is 246 g/mol. The molecule has 0 saturated heterocycles. The highest BCUT2D eigenvalue weighted by Gasteiger charge is 2.15. The zero-order valence-electron chi connectivity index (χ0n) is 13.0. The van der Waals surface area contributed by atoms with Gasteiger partial charge in [-0.05, 0) is 30.4 Å². The predicted octanol–water partition coefficient (Wildman–Crippen LogP) is 5.03. The molecule has 0 aliphatic heterocycles. The highest BCUT2D eigenvalue weighted by atomic mass is 16.1. The van der Waals surface area contributed by atoms with Crippen LogP contribution in [0.4, 0.5) is 0 Å². The minimum Gasteiger partial charge on any atom is -0.366 e. The molecule has 0 heterocycles. The Bertz CT molecular complexity index is 400. The third-order valence-electron chi connectivity index (χ3n) is 4.07. The lowest BCUT2D eigenvalue weighted by atomic mass is 9.87. The van der Waals surface area contributed by atoms with Gasteiger partial charge in [-0.1, -0.05) is 70.6 Å². The van der Waals surface area contributed by atoms with Crippen molar-refractivity contribution in [3.63, 3.8) is 0 Å². The molecule has 112 valence electrons. The first-order valence-electron chi connectivity index (χ1n) is 8.09. The van der Waals surface area contributed by atoms with Gasteiger partial charge in [0.05, 0.1) is 0 Å². The zero-order valence-corrected chi connectivity index (χ0v) is 13.0. The molecule has 2 N–H and O–H groups in total. The average molecular weight is 275 g/mol. The Morgan fingerprint density at radius 2 is 1.70 bits per heavy atom. The number of carbonyl (C=O) groups excluding carboxylic acids is 1. The van der Waals surface area contributed by atoms with Crippen LogP contribution in [0.2, 0.25) is 0 Å². The van der Waals surface area contributed by atoms with Gasteiger partial charge in [0, 0.05) is 5.56 Å². The summed E-state index contributed by atoms with van der Waals surface area (Å²) in [6.07, 6.45) is 10.1. The Morgan fingerprint density at radius 3 is 2.35 bits per heavy atom. The third-order valence-corrected chi connectivity index (χ3v) is 4.07. The van der Waals surface area contributed by atoms with Gasteiger partial charge < -0.3 is 5.73 Å². The molecule has 0 fully saturated rings. The fourth-order valence-corrected chi connectivity index (χ4v) is 2.83. The Balaban J connectivity index is 2.52. The van der Waals surface area contributed by atoms with Gasteiger partial charge in [-0.15, -0.1) is 0 Å². The number of benzene rings is 1. The molecule has 0 spiro atoms. The minimum absolute atomic E-state index is 0.304. The Hall–Kier alpha value is -1.31. The largest absolute Gasteiger partial charge is 0.366 e. The summed E-state index contributed by atoms with van der Waals surface area (Å²) in [6.45, 7) is 4.44. The lowest BCUT2D eigenvalue weighted by Crippen LogP contribution is -2.15. The molecule has 0 saturated carbocycles. The van der Waals surface area contributed by atoms with Gasteiger partial charge in [-0.2, -0.15) is 0 Å². The van der Waals surface area contributed by atoms with E-state index in [0.717, 1.165) is 18.4 Å². The molecule has 1 atom stereocenters. The number of carbonyl (C=O) groups is 1. The number of amides is 1. The van der Waals surface area contributed by atoms with Gasteiger partial charge in [-0.3, -0.25) is 4.79 Å². The molecule has 0 radical (unpaired) electrons. The molecule has 2 heteroatoms. The maximum atomic E-state index is 11.5. The SMILES string of the molecule is CCCCCCCCC(CC)c1ccccc1C(N)=O. The standard InChI is InChI=1S/C18H29NO/c1-3-5-6-7-8-9-12-15(4-2)16-13-10-11-14-17(16)18(19)20/h10-11,13-15H,3-9,12H2,1-2H3,(H2,19,20). The number of hydrogen-bond donors (Lipinski definition) is 1. The van der Waals surface area contributed by atoms with Crippen molar-refractivity contribution in [2.75, 3.05) is 0 Å². The molecule has 0 aliphatic carbocycles. The molecule has 2 nitrogen and oxygen atoms in total. The van der Waals surface area contributed by atoms with Crippen molar-refractivity contribution in [3.05, 3.63) is 35.4 Å². The molecule has 0 bridgehead atoms. The summed E-state index contributed by atoms with van der Waals surface area (Å²) in [5.74, 6) is 0.159. The molecule has 1 aromatic carbocycles. The van der Waals surface area contributed by atoms with Crippen molar-refractivity contribution in [2.45, 2.75) is 71.1 Å². The minimum atomic E-state index is -0.304. The average Bonchev–Trinajstić information content (AvgIpc) is 2.46. The normalized spacial score (nSPS) is 12.3. The van der Waals surface area contributed by atoms with Crippen molar-refractivity contribution < 1.29 is 4.79 Å². The van der Waals surface area contributed by atoms with Crippen LogP contribution in [0.5, 0.6) is 0 Å². The van der Waals surface area contributed by atoms with E-state index in [4.69, 9.17) is 5.73 Å². The summed E-state index contributed by atoms with van der Waals surface area (Å²) in [5.41, 5.74) is 7.31. The summed E-state index contributed by atoms with van der Waals surface area (Å²) in [6, 6.07) is 7.81. The first kappa shape index (κ1) is 16.7. The van der Waals surface area contributed by atoms with Gasteiger partial charge in [0.1, 0.15) is 0 Å². The van der Waals surface area contributed by atoms with Crippen LogP contribution in [-0.2, 0) is 0 Å². The monoisotopic (exact) mass is 275 g/mol. The maximum absolute atomic E-state index is 11.5. The van der Waals surface area contributed by atoms with E-state index in [1.807, 2.05) is 18.2 Å². The second-order valence-electron chi connectivity index (χ2n) is 5.61. The van der Waals surface area contributed by atoms with E-state index in [0.29, 0.717) is 11.5 Å². The Labute approximate surface area is 123 Å². The molecule has 0 aliphatic rings. The van der Waals surface area contributed by atoms with Gasteiger partial charge in [0.25, 0.3) is 0 Å². The Morgan fingerprint density at radius 1 is 1.05 bits per heavy atom. The van der Waals surface area contributed by atoms with Gasteiger partial charge in [-0.25, -0.2) is 0 Å². The molecule has 0 aromatic heterocycles. The van der Waals surface area contributed by atoms with Crippen LogP contribution in [0.25, 0.3) is 0 Å². The molecule has 1 rings (SSSR count). The van der Waals surface area contributed by atoms with Gasteiger partial charge in [0.15, 0.2) is 0 Å². The van der Waals surface area contributed by atoms with E-state index >= 15 is 0 Å². The quantitative estimate of drug-likeness (QED) is 0.598. The second kappa shape index (κ2) is 9.57. The van der Waals surface area contributed by atoms with Crippen LogP contribution >= 0.6 is 0 Å². The molecular formula is C18H29NO. The van der Waals surface area contributed by atoms with Crippen LogP contribution in [0.3, 0.4) is 0 Å². The third kappa shape index (κ3) is 5.36. The van der Waals surface area contributed by atoms with E-state index in [-0.39, 0.29) is 5.91 Å². The van der Waals surface area contributed by atoms with E-state index in [1.54, 1.807) is 0 Å². The Kier molecular flexibility index (Phi) is 8.01. The lowest BCUT2D eigenvalue weighted by molar-refractivity contribution is 0.0999. The lowest BCUT2D eigenvalue weighted by Gasteiger charge is -2.18. The van der Waals surface area contributed by atoms with Crippen LogP contribution in [0.15, 0.2) is 24.3 Å². The van der Waals surface area contributed by atoms with Crippen LogP contribution < -0.4 is 5.73 Å². The van der Waals surface area contributed by atoms with Crippen LogP contribution in [0.1, 0.15) is 87.1 Å². The summed E-state index contributed by atoms with van der Waals surface area (Å²) in [5, 5.41) is 0. The van der Waals surface area contributed by atoms with E-state index < -0.39 is 0 Å². The maximum Gasteiger partial charge on any atom is 0.248 e. The number of primary amides is 1. The fourth-order valence-electron chi connectivity index (χ4n) is 2.83. The predicted molar refractivity (Wildman–Crippen MR) is 86.0 cm³/mol. The molecule has 1 amide bonds. The molecule has 1 aromatic rings. The highest BCUT2D eigenvalue weighted by molar-refractivity contribution is 5.94. The summed E-state index contributed by atoms with van der Waals surface area (Å²) in [4.78, 5) is 11.5. The number of hydrogen-bond acceptors (Lipinski definition) is 1. The summed E-state index contributed by atoms with van der Waals surface area (Å²) >= 11 is 0. The highest BCUT2D eigenvalue weighted by Crippen LogP contribution is 2.28. The van der Waals surface area contributed by atoms with E-state index in [2.05, 4.69) is 19.9 Å². The first-order chi connectivity index (χ1) is 9.70. The van der Waals surface area contributed by atoms with Gasteiger partial charge >= 0.3 is 0 Å². The summed E-state index contributed by atoms with van der Waals surface area (Å²) in [7, 11) is 0. The van der Waals surface area contributed by atoms with E-state index in [1.165, 1.54) is 38.5 Å². The van der Waals surface area contributed by atoms with Gasteiger partial charge in [0.2, 0.25) is 5.91 Å². The van der Waals surface area contributed by atoms with Crippen molar-refractivity contribution in [1.29, 1.82) is 0 Å². The van der Waals surface area contributed by atoms with Crippen molar-refractivity contribution in [3.8, 4) is 0 Å². The number of rotatable bonds is 10. The molecule has 1 unspecified atom stereocenters. The van der Waals surface area contributed by atoms with Crippen molar-refractivity contribution in [1.82, 2.24) is 0 Å². The topological polar surface area (TPSA) is 43.1 Å². The summed E-state index contributed by atoms with van der Waals surface area (Å²) < 4.78 is 0. The first-order valence-corrected chi connectivity index (χ1v) is 8.09. The fraction of sp³-hybridized carbons (Fsp3) is 0.611. The zero-order chi connectivity index (χ0) is 14.8. The van der Waals surface area contributed by atoms with Crippen molar-refractivity contribution >= 4 is 5.91 Å². The van der Waals surface area contributed by atoms with E-state index in [9.17, 15) is 4.79 Å². The number of unbranched alkanes of at least 4 members (excludes halogenated alkanes) is 5.